The lowest BCUT2D eigenvalue weighted by atomic mass is 10.2. The van der Waals surface area contributed by atoms with Gasteiger partial charge in [0.2, 0.25) is 0 Å². The summed E-state index contributed by atoms with van der Waals surface area (Å²) in [5.74, 6) is 1.66. The van der Waals surface area contributed by atoms with E-state index in [0.717, 1.165) is 30.9 Å². The SMILES string of the molecule is CCCCOc1cc(C)ccc1OC. The van der Waals surface area contributed by atoms with E-state index in [1.54, 1.807) is 7.11 Å². The largest absolute Gasteiger partial charge is 0.493 e. The molecule has 14 heavy (non-hydrogen) atoms. The smallest absolute Gasteiger partial charge is 0.161 e. The molecule has 1 rings (SSSR count). The van der Waals surface area contributed by atoms with Crippen LogP contribution >= 0.6 is 0 Å². The molecule has 0 aliphatic carbocycles. The maximum Gasteiger partial charge on any atom is 0.161 e. The van der Waals surface area contributed by atoms with Gasteiger partial charge in [-0.15, -0.1) is 0 Å². The van der Waals surface area contributed by atoms with Crippen LogP contribution in [0.1, 0.15) is 25.3 Å². The molecule has 0 unspecified atom stereocenters. The summed E-state index contributed by atoms with van der Waals surface area (Å²) >= 11 is 0. The molecule has 78 valence electrons. The number of unbranched alkanes of at least 4 members (excludes halogenated alkanes) is 1. The molecule has 0 aliphatic rings. The lowest BCUT2D eigenvalue weighted by Crippen LogP contribution is -1.98. The highest BCUT2D eigenvalue weighted by Gasteiger charge is 2.03. The van der Waals surface area contributed by atoms with Crippen LogP contribution in [-0.4, -0.2) is 13.7 Å². The Morgan fingerprint density at radius 3 is 2.64 bits per heavy atom. The molecule has 0 fully saturated rings. The number of hydrogen-bond donors (Lipinski definition) is 0. The Labute approximate surface area is 85.8 Å². The predicted octanol–water partition coefficient (Wildman–Crippen LogP) is 3.18. The summed E-state index contributed by atoms with van der Waals surface area (Å²) in [4.78, 5) is 0. The van der Waals surface area contributed by atoms with Crippen molar-refractivity contribution in [2.75, 3.05) is 13.7 Å². The third-order valence-corrected chi connectivity index (χ3v) is 2.07. The van der Waals surface area contributed by atoms with Gasteiger partial charge in [0.25, 0.3) is 0 Å². The van der Waals surface area contributed by atoms with Gasteiger partial charge in [0, 0.05) is 0 Å². The Morgan fingerprint density at radius 2 is 2.00 bits per heavy atom. The highest BCUT2D eigenvalue weighted by atomic mass is 16.5. The van der Waals surface area contributed by atoms with Gasteiger partial charge in [-0.25, -0.2) is 0 Å². The van der Waals surface area contributed by atoms with Crippen LogP contribution in [0.15, 0.2) is 18.2 Å². The standard InChI is InChI=1S/C12H18O2/c1-4-5-8-14-12-9-10(2)6-7-11(12)13-3/h6-7,9H,4-5,8H2,1-3H3. The van der Waals surface area contributed by atoms with Crippen molar-refractivity contribution in [2.24, 2.45) is 0 Å². The molecule has 0 aliphatic heterocycles. The Balaban J connectivity index is 2.67. The molecular formula is C12H18O2. The number of ether oxygens (including phenoxy) is 2. The maximum atomic E-state index is 5.62. The summed E-state index contributed by atoms with van der Waals surface area (Å²) in [5.41, 5.74) is 1.19. The van der Waals surface area contributed by atoms with Crippen LogP contribution in [-0.2, 0) is 0 Å². The fourth-order valence-electron chi connectivity index (χ4n) is 1.22. The summed E-state index contributed by atoms with van der Waals surface area (Å²) in [6, 6.07) is 5.97. The third-order valence-electron chi connectivity index (χ3n) is 2.07. The zero-order valence-electron chi connectivity index (χ0n) is 9.17. The van der Waals surface area contributed by atoms with Crippen LogP contribution in [0, 0.1) is 6.92 Å². The van der Waals surface area contributed by atoms with E-state index in [1.807, 2.05) is 25.1 Å². The minimum atomic E-state index is 0.760. The lowest BCUT2D eigenvalue weighted by molar-refractivity contribution is 0.288. The van der Waals surface area contributed by atoms with Crippen LogP contribution in [0.3, 0.4) is 0 Å². The normalized spacial score (nSPS) is 9.93. The van der Waals surface area contributed by atoms with Crippen molar-refractivity contribution in [2.45, 2.75) is 26.7 Å². The second kappa shape index (κ2) is 5.53. The molecule has 0 saturated heterocycles. The van der Waals surface area contributed by atoms with Crippen molar-refractivity contribution >= 4 is 0 Å². The Bertz CT molecular complexity index is 282. The van der Waals surface area contributed by atoms with Crippen LogP contribution in [0.25, 0.3) is 0 Å². The van der Waals surface area contributed by atoms with Crippen molar-refractivity contribution in [1.82, 2.24) is 0 Å². The predicted molar refractivity (Wildman–Crippen MR) is 58.1 cm³/mol. The van der Waals surface area contributed by atoms with E-state index < -0.39 is 0 Å². The number of benzene rings is 1. The van der Waals surface area contributed by atoms with Crippen molar-refractivity contribution < 1.29 is 9.47 Å². The topological polar surface area (TPSA) is 18.5 Å². The molecule has 0 spiro atoms. The fraction of sp³-hybridized carbons (Fsp3) is 0.500. The Morgan fingerprint density at radius 1 is 1.21 bits per heavy atom. The molecule has 0 saturated carbocycles. The van der Waals surface area contributed by atoms with Gasteiger partial charge in [-0.2, -0.15) is 0 Å². The molecule has 0 radical (unpaired) electrons. The van der Waals surface area contributed by atoms with Gasteiger partial charge in [-0.1, -0.05) is 19.4 Å². The molecule has 0 N–H and O–H groups in total. The zero-order chi connectivity index (χ0) is 10.4. The molecule has 0 bridgehead atoms. The van der Waals surface area contributed by atoms with Gasteiger partial charge in [-0.05, 0) is 31.0 Å². The van der Waals surface area contributed by atoms with Crippen molar-refractivity contribution in [3.8, 4) is 11.5 Å². The molecule has 0 atom stereocenters. The van der Waals surface area contributed by atoms with Crippen molar-refractivity contribution in [3.63, 3.8) is 0 Å². The molecule has 0 heterocycles. The average molecular weight is 194 g/mol. The van der Waals surface area contributed by atoms with E-state index in [9.17, 15) is 0 Å². The average Bonchev–Trinajstić information content (AvgIpc) is 2.19. The zero-order valence-corrected chi connectivity index (χ0v) is 9.17. The third kappa shape index (κ3) is 2.95. The minimum absolute atomic E-state index is 0.760. The Hall–Kier alpha value is -1.18. The van der Waals surface area contributed by atoms with Gasteiger partial charge in [0.1, 0.15) is 0 Å². The molecule has 1 aromatic carbocycles. The van der Waals surface area contributed by atoms with Crippen molar-refractivity contribution in [3.05, 3.63) is 23.8 Å². The van der Waals surface area contributed by atoms with Crippen molar-refractivity contribution in [1.29, 1.82) is 0 Å². The first-order valence-corrected chi connectivity index (χ1v) is 5.05. The van der Waals surface area contributed by atoms with E-state index in [-0.39, 0.29) is 0 Å². The lowest BCUT2D eigenvalue weighted by Gasteiger charge is -2.10. The first-order chi connectivity index (χ1) is 6.77. The molecule has 2 nitrogen and oxygen atoms in total. The van der Waals surface area contributed by atoms with E-state index in [0.29, 0.717) is 0 Å². The minimum Gasteiger partial charge on any atom is -0.493 e. The molecular weight excluding hydrogens is 176 g/mol. The number of rotatable bonds is 5. The van der Waals surface area contributed by atoms with Gasteiger partial charge in [0.15, 0.2) is 11.5 Å². The molecule has 1 aromatic rings. The second-order valence-electron chi connectivity index (χ2n) is 3.36. The van der Waals surface area contributed by atoms with Crippen LogP contribution < -0.4 is 9.47 Å². The Kier molecular flexibility index (Phi) is 4.30. The molecule has 2 heteroatoms. The van der Waals surface area contributed by atoms with Crippen LogP contribution in [0.4, 0.5) is 0 Å². The monoisotopic (exact) mass is 194 g/mol. The highest BCUT2D eigenvalue weighted by Crippen LogP contribution is 2.27. The fourth-order valence-corrected chi connectivity index (χ4v) is 1.22. The molecule has 0 aromatic heterocycles. The summed E-state index contributed by atoms with van der Waals surface area (Å²) in [6.45, 7) is 4.96. The van der Waals surface area contributed by atoms with E-state index in [2.05, 4.69) is 6.92 Å². The number of methoxy groups -OCH3 is 1. The summed E-state index contributed by atoms with van der Waals surface area (Å²) in [7, 11) is 1.66. The highest BCUT2D eigenvalue weighted by molar-refractivity contribution is 5.42. The quantitative estimate of drug-likeness (QED) is 0.670. The number of hydrogen-bond acceptors (Lipinski definition) is 2. The van der Waals surface area contributed by atoms with Gasteiger partial charge >= 0.3 is 0 Å². The first-order valence-electron chi connectivity index (χ1n) is 5.05. The summed E-state index contributed by atoms with van der Waals surface area (Å²) in [6.07, 6.45) is 2.23. The number of aryl methyl sites for hydroxylation is 1. The van der Waals surface area contributed by atoms with Gasteiger partial charge < -0.3 is 9.47 Å². The van der Waals surface area contributed by atoms with E-state index in [1.165, 1.54) is 5.56 Å². The summed E-state index contributed by atoms with van der Waals surface area (Å²) < 4.78 is 10.8. The summed E-state index contributed by atoms with van der Waals surface area (Å²) in [5, 5.41) is 0. The van der Waals surface area contributed by atoms with Crippen LogP contribution in [0.2, 0.25) is 0 Å². The first kappa shape index (κ1) is 10.9. The van der Waals surface area contributed by atoms with E-state index in [4.69, 9.17) is 9.47 Å². The maximum absolute atomic E-state index is 5.62. The van der Waals surface area contributed by atoms with Gasteiger partial charge in [-0.3, -0.25) is 0 Å². The van der Waals surface area contributed by atoms with E-state index >= 15 is 0 Å². The second-order valence-corrected chi connectivity index (χ2v) is 3.36. The van der Waals surface area contributed by atoms with Crippen LogP contribution in [0.5, 0.6) is 11.5 Å². The molecule has 0 amide bonds. The van der Waals surface area contributed by atoms with Gasteiger partial charge in [0.05, 0.1) is 13.7 Å².